The van der Waals surface area contributed by atoms with Crippen LogP contribution in [-0.2, 0) is 18.3 Å². The van der Waals surface area contributed by atoms with E-state index in [1.54, 1.807) is 0 Å². The van der Waals surface area contributed by atoms with Gasteiger partial charge in [-0.05, 0) is 54.5 Å². The Balaban J connectivity index is 2.22. The molecule has 0 aliphatic heterocycles. The fraction of sp³-hybridized carbons (Fsp3) is 0.500. The first-order chi connectivity index (χ1) is 9.48. The molecule has 1 aliphatic rings. The van der Waals surface area contributed by atoms with Crippen LogP contribution in [0.15, 0.2) is 18.2 Å². The number of aromatic nitrogens is 3. The highest BCUT2D eigenvalue weighted by atomic mass is 35.5. The lowest BCUT2D eigenvalue weighted by Gasteiger charge is -2.24. The molecule has 4 heteroatoms. The van der Waals surface area contributed by atoms with Crippen LogP contribution < -0.4 is 0 Å². The highest BCUT2D eigenvalue weighted by Crippen LogP contribution is 2.32. The van der Waals surface area contributed by atoms with Crippen molar-refractivity contribution in [3.8, 4) is 5.69 Å². The van der Waals surface area contributed by atoms with Crippen molar-refractivity contribution in [1.29, 1.82) is 0 Å². The molecule has 2 aromatic rings. The summed E-state index contributed by atoms with van der Waals surface area (Å²) in [5.41, 5.74) is 3.92. The minimum atomic E-state index is -0.0858. The predicted octanol–water partition coefficient (Wildman–Crippen LogP) is 4.10. The van der Waals surface area contributed by atoms with E-state index in [1.165, 1.54) is 24.0 Å². The summed E-state index contributed by atoms with van der Waals surface area (Å²) in [6, 6.07) is 6.48. The van der Waals surface area contributed by atoms with Gasteiger partial charge in [0.15, 0.2) is 0 Å². The van der Waals surface area contributed by atoms with Gasteiger partial charge in [-0.1, -0.05) is 32.9 Å². The molecule has 1 aromatic carbocycles. The zero-order valence-electron chi connectivity index (χ0n) is 12.3. The number of hydrogen-bond donors (Lipinski definition) is 0. The lowest BCUT2D eigenvalue weighted by atomic mass is 9.89. The van der Waals surface area contributed by atoms with Gasteiger partial charge in [-0.3, -0.25) is 4.57 Å². The number of benzene rings is 1. The van der Waals surface area contributed by atoms with E-state index < -0.39 is 0 Å². The summed E-state index contributed by atoms with van der Waals surface area (Å²) in [6.45, 7) is 6.41. The molecule has 0 fully saturated rings. The van der Waals surface area contributed by atoms with Crippen molar-refractivity contribution < 1.29 is 0 Å². The Morgan fingerprint density at radius 2 is 1.85 bits per heavy atom. The van der Waals surface area contributed by atoms with Crippen LogP contribution in [0.3, 0.4) is 0 Å². The molecule has 0 saturated heterocycles. The van der Waals surface area contributed by atoms with E-state index in [1.807, 2.05) is 4.57 Å². The molecule has 0 saturated carbocycles. The molecule has 3 rings (SSSR count). The third-order valence-electron chi connectivity index (χ3n) is 3.91. The van der Waals surface area contributed by atoms with Gasteiger partial charge in [0.1, 0.15) is 5.82 Å². The predicted molar refractivity (Wildman–Crippen MR) is 81.7 cm³/mol. The Labute approximate surface area is 125 Å². The van der Waals surface area contributed by atoms with Crippen molar-refractivity contribution in [2.45, 2.75) is 51.9 Å². The summed E-state index contributed by atoms with van der Waals surface area (Å²) in [5, 5.41) is 8.83. The summed E-state index contributed by atoms with van der Waals surface area (Å²) in [4.78, 5) is 0. The number of halogens is 1. The smallest absolute Gasteiger partial charge is 0.229 e. The molecule has 3 nitrogen and oxygen atoms in total. The van der Waals surface area contributed by atoms with Crippen LogP contribution in [0.2, 0.25) is 5.28 Å². The first-order valence-corrected chi connectivity index (χ1v) is 7.59. The van der Waals surface area contributed by atoms with Gasteiger partial charge < -0.3 is 0 Å². The Bertz CT molecular complexity index is 638. The van der Waals surface area contributed by atoms with E-state index in [-0.39, 0.29) is 5.41 Å². The Morgan fingerprint density at radius 1 is 1.10 bits per heavy atom. The molecule has 106 valence electrons. The lowest BCUT2D eigenvalue weighted by Crippen LogP contribution is -2.20. The molecule has 1 aromatic heterocycles. The lowest BCUT2D eigenvalue weighted by molar-refractivity contribution is 0.532. The molecular formula is C16H20ClN3. The fourth-order valence-electron chi connectivity index (χ4n) is 2.94. The summed E-state index contributed by atoms with van der Waals surface area (Å²) < 4.78 is 2.02. The molecule has 0 spiro atoms. The molecule has 0 atom stereocenters. The van der Waals surface area contributed by atoms with E-state index in [0.29, 0.717) is 5.28 Å². The van der Waals surface area contributed by atoms with Crippen LogP contribution in [-0.4, -0.2) is 14.8 Å². The molecule has 0 radical (unpaired) electrons. The zero-order chi connectivity index (χ0) is 14.3. The highest BCUT2D eigenvalue weighted by Gasteiger charge is 2.26. The quantitative estimate of drug-likeness (QED) is 0.791. The third-order valence-corrected chi connectivity index (χ3v) is 4.15. The van der Waals surface area contributed by atoms with Crippen LogP contribution in [0.25, 0.3) is 5.69 Å². The average Bonchev–Trinajstić information content (AvgIpc) is 2.80. The fourth-order valence-corrected chi connectivity index (χ4v) is 3.14. The van der Waals surface area contributed by atoms with Gasteiger partial charge in [0, 0.05) is 5.41 Å². The van der Waals surface area contributed by atoms with E-state index >= 15 is 0 Å². The van der Waals surface area contributed by atoms with Crippen LogP contribution in [0.5, 0.6) is 0 Å². The van der Waals surface area contributed by atoms with Gasteiger partial charge >= 0.3 is 0 Å². The topological polar surface area (TPSA) is 30.7 Å². The maximum absolute atomic E-state index is 6.32. The number of hydrogen-bond acceptors (Lipinski definition) is 2. The number of rotatable bonds is 1. The summed E-state index contributed by atoms with van der Waals surface area (Å²) in [5.74, 6) is 0.918. The summed E-state index contributed by atoms with van der Waals surface area (Å²) in [7, 11) is 0. The molecule has 0 bridgehead atoms. The van der Waals surface area contributed by atoms with Crippen LogP contribution in [0.1, 0.15) is 50.6 Å². The average molecular weight is 290 g/mol. The Kier molecular flexibility index (Phi) is 3.33. The van der Waals surface area contributed by atoms with E-state index in [0.717, 1.165) is 24.4 Å². The van der Waals surface area contributed by atoms with Gasteiger partial charge in [-0.2, -0.15) is 0 Å². The molecular weight excluding hydrogens is 270 g/mol. The Morgan fingerprint density at radius 3 is 2.60 bits per heavy atom. The van der Waals surface area contributed by atoms with Gasteiger partial charge in [0.2, 0.25) is 5.28 Å². The van der Waals surface area contributed by atoms with Gasteiger partial charge in [0.25, 0.3) is 0 Å². The van der Waals surface area contributed by atoms with Crippen molar-refractivity contribution >= 4 is 11.6 Å². The maximum atomic E-state index is 6.32. The largest absolute Gasteiger partial charge is 0.269 e. The van der Waals surface area contributed by atoms with Gasteiger partial charge in [0.05, 0.1) is 5.69 Å². The standard InChI is InChI=1S/C16H20ClN3/c1-16(2,3)14-18-19-15(17)20(14)13-10-6-8-11-7-4-5-9-12(11)13/h6,8,10H,4-5,7,9H2,1-3H3. The van der Waals surface area contributed by atoms with Crippen molar-refractivity contribution in [3.63, 3.8) is 0 Å². The van der Waals surface area contributed by atoms with Gasteiger partial charge in [-0.15, -0.1) is 10.2 Å². The van der Waals surface area contributed by atoms with Crippen molar-refractivity contribution in [2.75, 3.05) is 0 Å². The van der Waals surface area contributed by atoms with E-state index in [9.17, 15) is 0 Å². The minimum Gasteiger partial charge on any atom is -0.269 e. The number of fused-ring (bicyclic) bond motifs is 1. The monoisotopic (exact) mass is 289 g/mol. The van der Waals surface area contributed by atoms with Crippen LogP contribution in [0, 0.1) is 0 Å². The summed E-state index contributed by atoms with van der Waals surface area (Å²) >= 11 is 6.32. The zero-order valence-corrected chi connectivity index (χ0v) is 13.0. The normalized spacial score (nSPS) is 15.2. The second kappa shape index (κ2) is 4.88. The van der Waals surface area contributed by atoms with Crippen molar-refractivity contribution in [3.05, 3.63) is 40.4 Å². The van der Waals surface area contributed by atoms with E-state index in [2.05, 4.69) is 49.2 Å². The highest BCUT2D eigenvalue weighted by molar-refractivity contribution is 6.28. The molecule has 20 heavy (non-hydrogen) atoms. The molecule has 1 heterocycles. The van der Waals surface area contributed by atoms with Crippen LogP contribution in [0.4, 0.5) is 0 Å². The minimum absolute atomic E-state index is 0.0858. The number of nitrogens with zero attached hydrogens (tertiary/aromatic N) is 3. The molecule has 0 amide bonds. The first kappa shape index (κ1) is 13.6. The second-order valence-corrected chi connectivity index (χ2v) is 6.84. The second-order valence-electron chi connectivity index (χ2n) is 6.50. The molecule has 1 aliphatic carbocycles. The third kappa shape index (κ3) is 2.24. The van der Waals surface area contributed by atoms with Gasteiger partial charge in [-0.25, -0.2) is 0 Å². The van der Waals surface area contributed by atoms with Crippen molar-refractivity contribution in [1.82, 2.24) is 14.8 Å². The first-order valence-electron chi connectivity index (χ1n) is 7.21. The maximum Gasteiger partial charge on any atom is 0.229 e. The number of aryl methyl sites for hydroxylation is 1. The SMILES string of the molecule is CC(C)(C)c1nnc(Cl)n1-c1cccc2c1CCCC2. The van der Waals surface area contributed by atoms with Crippen molar-refractivity contribution in [2.24, 2.45) is 0 Å². The molecule has 0 unspecified atom stereocenters. The van der Waals surface area contributed by atoms with E-state index in [4.69, 9.17) is 11.6 Å². The van der Waals surface area contributed by atoms with Crippen LogP contribution >= 0.6 is 11.6 Å². The Hall–Kier alpha value is -1.35. The molecule has 0 N–H and O–H groups in total. The summed E-state index contributed by atoms with van der Waals surface area (Å²) in [6.07, 6.45) is 4.80.